The molecule has 0 unspecified atom stereocenters. The van der Waals surface area contributed by atoms with E-state index in [4.69, 9.17) is 0 Å². The van der Waals surface area contributed by atoms with Gasteiger partial charge in [-0.2, -0.15) is 10.1 Å². The van der Waals surface area contributed by atoms with Gasteiger partial charge in [-0.25, -0.2) is 4.68 Å². The average Bonchev–Trinajstić information content (AvgIpc) is 3.18. The largest absolute Gasteiger partial charge is 0.328 e. The lowest BCUT2D eigenvalue weighted by Crippen LogP contribution is -2.53. The highest BCUT2D eigenvalue weighted by molar-refractivity contribution is 5.89. The van der Waals surface area contributed by atoms with Crippen molar-refractivity contribution in [1.29, 1.82) is 0 Å². The van der Waals surface area contributed by atoms with Gasteiger partial charge in [-0.1, -0.05) is 63.5 Å². The summed E-state index contributed by atoms with van der Waals surface area (Å²) in [5.41, 5.74) is 3.36. The van der Waals surface area contributed by atoms with Crippen LogP contribution in [-0.2, 0) is 10.3 Å². The molecule has 1 aromatic heterocycles. The summed E-state index contributed by atoms with van der Waals surface area (Å²) >= 11 is 0. The Morgan fingerprint density at radius 2 is 1.89 bits per heavy atom. The fraction of sp³-hybridized carbons (Fsp3) is 0.522. The molecule has 2 aromatic rings. The van der Waals surface area contributed by atoms with Crippen LogP contribution in [0.1, 0.15) is 75.3 Å². The SMILES string of the molecule is CC(C)c1ccc([C@H]2C=C3Nc4ncnn4C4(CCCCC4)[C@H]3C(=O)C2)cc1. The van der Waals surface area contributed by atoms with Crippen molar-refractivity contribution in [2.45, 2.75) is 69.7 Å². The van der Waals surface area contributed by atoms with E-state index in [9.17, 15) is 4.79 Å². The minimum Gasteiger partial charge on any atom is -0.328 e. The molecule has 1 fully saturated rings. The fourth-order valence-electron chi connectivity index (χ4n) is 5.49. The summed E-state index contributed by atoms with van der Waals surface area (Å²) in [6, 6.07) is 8.77. The Bertz CT molecular complexity index is 918. The average molecular weight is 377 g/mol. The zero-order chi connectivity index (χ0) is 19.3. The topological polar surface area (TPSA) is 59.8 Å². The predicted molar refractivity (Wildman–Crippen MR) is 109 cm³/mol. The van der Waals surface area contributed by atoms with Gasteiger partial charge in [0.2, 0.25) is 5.95 Å². The number of carbonyl (C=O) groups excluding carboxylic acids is 1. The normalized spacial score (nSPS) is 25.8. The van der Waals surface area contributed by atoms with Crippen LogP contribution in [0.25, 0.3) is 0 Å². The molecule has 2 heterocycles. The molecule has 28 heavy (non-hydrogen) atoms. The van der Waals surface area contributed by atoms with Gasteiger partial charge in [-0.15, -0.1) is 0 Å². The highest BCUT2D eigenvalue weighted by Gasteiger charge is 2.53. The molecule has 1 N–H and O–H groups in total. The monoisotopic (exact) mass is 376 g/mol. The Morgan fingerprint density at radius 1 is 1.14 bits per heavy atom. The molecular formula is C23H28N4O. The van der Waals surface area contributed by atoms with E-state index in [-0.39, 0.29) is 17.4 Å². The number of rotatable bonds is 2. The first-order valence-corrected chi connectivity index (χ1v) is 10.6. The minimum atomic E-state index is -0.231. The number of ketones is 1. The number of benzene rings is 1. The molecule has 5 rings (SSSR count). The van der Waals surface area contributed by atoms with Gasteiger partial charge >= 0.3 is 0 Å². The van der Waals surface area contributed by atoms with Crippen LogP contribution in [-0.4, -0.2) is 20.5 Å². The van der Waals surface area contributed by atoms with Gasteiger partial charge in [0.1, 0.15) is 12.1 Å². The van der Waals surface area contributed by atoms with Crippen LogP contribution in [0.4, 0.5) is 5.95 Å². The first-order valence-electron chi connectivity index (χ1n) is 10.6. The molecule has 1 aliphatic heterocycles. The second-order valence-electron chi connectivity index (χ2n) is 8.94. The molecule has 5 heteroatoms. The van der Waals surface area contributed by atoms with Gasteiger partial charge in [0.15, 0.2) is 0 Å². The summed E-state index contributed by atoms with van der Waals surface area (Å²) in [5, 5.41) is 7.97. The summed E-state index contributed by atoms with van der Waals surface area (Å²) < 4.78 is 2.02. The summed E-state index contributed by atoms with van der Waals surface area (Å²) in [4.78, 5) is 17.9. The number of allylic oxidation sites excluding steroid dienone is 2. The van der Waals surface area contributed by atoms with Crippen LogP contribution in [0, 0.1) is 5.92 Å². The van der Waals surface area contributed by atoms with Crippen molar-refractivity contribution in [1.82, 2.24) is 14.8 Å². The van der Waals surface area contributed by atoms with Crippen molar-refractivity contribution in [2.75, 3.05) is 5.32 Å². The van der Waals surface area contributed by atoms with Gasteiger partial charge in [-0.3, -0.25) is 4.79 Å². The van der Waals surface area contributed by atoms with Crippen LogP contribution < -0.4 is 5.32 Å². The standard InChI is InChI=1S/C23H28N4O/c1-15(2)16-6-8-17(9-7-16)18-12-19-21(20(28)13-18)23(10-4-3-5-11-23)27-22(26-19)24-14-25-27/h6-9,12,14-15,18,21H,3-5,10-11,13H2,1-2H3,(H,24,25,26)/t18-,21+/m0/s1. The Labute approximate surface area is 166 Å². The van der Waals surface area contributed by atoms with E-state index in [1.54, 1.807) is 6.33 Å². The van der Waals surface area contributed by atoms with E-state index in [1.807, 2.05) is 4.68 Å². The van der Waals surface area contributed by atoms with Crippen molar-refractivity contribution in [3.05, 3.63) is 53.5 Å². The Balaban J connectivity index is 1.55. The third-order valence-electron chi connectivity index (χ3n) is 6.95. The van der Waals surface area contributed by atoms with Gasteiger partial charge in [-0.05, 0) is 29.9 Å². The van der Waals surface area contributed by atoms with Crippen molar-refractivity contribution in [3.8, 4) is 0 Å². The summed E-state index contributed by atoms with van der Waals surface area (Å²) in [7, 11) is 0. The first kappa shape index (κ1) is 17.7. The maximum Gasteiger partial charge on any atom is 0.225 e. The molecule has 2 aliphatic carbocycles. The van der Waals surface area contributed by atoms with E-state index >= 15 is 0 Å². The number of carbonyl (C=O) groups is 1. The zero-order valence-electron chi connectivity index (χ0n) is 16.7. The van der Waals surface area contributed by atoms with E-state index in [2.05, 4.69) is 59.6 Å². The molecule has 3 aliphatic rings. The molecule has 1 spiro atoms. The molecular weight excluding hydrogens is 348 g/mol. The van der Waals surface area contributed by atoms with Crippen LogP contribution in [0.5, 0.6) is 0 Å². The van der Waals surface area contributed by atoms with E-state index in [0.717, 1.165) is 37.3 Å². The molecule has 0 saturated heterocycles. The highest BCUT2D eigenvalue weighted by atomic mass is 16.1. The van der Waals surface area contributed by atoms with Crippen LogP contribution in [0.2, 0.25) is 0 Å². The van der Waals surface area contributed by atoms with Crippen LogP contribution in [0.3, 0.4) is 0 Å². The Morgan fingerprint density at radius 3 is 2.61 bits per heavy atom. The zero-order valence-corrected chi connectivity index (χ0v) is 16.7. The quantitative estimate of drug-likeness (QED) is 0.822. The third kappa shape index (κ3) is 2.63. The maximum absolute atomic E-state index is 13.5. The smallest absolute Gasteiger partial charge is 0.225 e. The number of hydrogen-bond acceptors (Lipinski definition) is 4. The van der Waals surface area contributed by atoms with Crippen molar-refractivity contribution in [3.63, 3.8) is 0 Å². The fourth-order valence-corrected chi connectivity index (χ4v) is 5.49. The lowest BCUT2D eigenvalue weighted by molar-refractivity contribution is -0.127. The second-order valence-corrected chi connectivity index (χ2v) is 8.94. The lowest BCUT2D eigenvalue weighted by atomic mass is 9.65. The number of fused-ring (bicyclic) bond motifs is 4. The number of aromatic nitrogens is 3. The molecule has 1 aromatic carbocycles. The Kier molecular flexibility index (Phi) is 4.14. The van der Waals surface area contributed by atoms with E-state index in [1.165, 1.54) is 17.5 Å². The van der Waals surface area contributed by atoms with Crippen LogP contribution >= 0.6 is 0 Å². The molecule has 5 nitrogen and oxygen atoms in total. The second kappa shape index (κ2) is 6.57. The predicted octanol–water partition coefficient (Wildman–Crippen LogP) is 4.74. The van der Waals surface area contributed by atoms with E-state index < -0.39 is 0 Å². The number of anilines is 1. The van der Waals surface area contributed by atoms with Gasteiger partial charge in [0.25, 0.3) is 0 Å². The number of nitrogens with zero attached hydrogens (tertiary/aromatic N) is 3. The van der Waals surface area contributed by atoms with Crippen molar-refractivity contribution in [2.24, 2.45) is 5.92 Å². The Hall–Kier alpha value is -2.43. The highest BCUT2D eigenvalue weighted by Crippen LogP contribution is 2.51. The summed E-state index contributed by atoms with van der Waals surface area (Å²) in [5.74, 6) is 1.65. The number of hydrogen-bond donors (Lipinski definition) is 1. The molecule has 0 radical (unpaired) electrons. The van der Waals surface area contributed by atoms with E-state index in [0.29, 0.717) is 18.1 Å². The first-order chi connectivity index (χ1) is 13.6. The summed E-state index contributed by atoms with van der Waals surface area (Å²) in [6.45, 7) is 4.41. The molecule has 146 valence electrons. The third-order valence-corrected chi connectivity index (χ3v) is 6.95. The van der Waals surface area contributed by atoms with Crippen molar-refractivity contribution < 1.29 is 4.79 Å². The van der Waals surface area contributed by atoms with Crippen LogP contribution in [0.15, 0.2) is 42.4 Å². The molecule has 0 bridgehead atoms. The van der Waals surface area contributed by atoms with Gasteiger partial charge in [0, 0.05) is 18.0 Å². The number of nitrogens with one attached hydrogen (secondary N) is 1. The maximum atomic E-state index is 13.5. The van der Waals surface area contributed by atoms with Crippen molar-refractivity contribution >= 4 is 11.7 Å². The minimum absolute atomic E-state index is 0.117. The van der Waals surface area contributed by atoms with Gasteiger partial charge in [0.05, 0.1) is 11.5 Å². The molecule has 0 amide bonds. The molecule has 2 atom stereocenters. The summed E-state index contributed by atoms with van der Waals surface area (Å²) in [6.07, 6.45) is 10.0. The van der Waals surface area contributed by atoms with Gasteiger partial charge < -0.3 is 5.32 Å². The molecule has 1 saturated carbocycles. The number of Topliss-reactive ketones (excluding diaryl/α,β-unsaturated/α-hetero) is 1. The lowest BCUT2D eigenvalue weighted by Gasteiger charge is -2.48.